The number of rotatable bonds is 3. The van der Waals surface area contributed by atoms with Gasteiger partial charge in [0.1, 0.15) is 11.6 Å². The standard InChI is InChI=1S/C15H19F2N/c16-12-3-4-13(14(17)8-12)15(18)7-11-6-9-1-2-10(11)5-9/h3-4,8-11,15H,1-2,5-7,18H2. The highest BCUT2D eigenvalue weighted by atomic mass is 19.1. The molecule has 0 heterocycles. The largest absolute Gasteiger partial charge is 0.324 e. The molecule has 3 rings (SSSR count). The van der Waals surface area contributed by atoms with E-state index in [0.717, 1.165) is 24.3 Å². The van der Waals surface area contributed by atoms with Crippen molar-refractivity contribution in [2.24, 2.45) is 23.5 Å². The zero-order chi connectivity index (χ0) is 12.7. The minimum Gasteiger partial charge on any atom is -0.324 e. The summed E-state index contributed by atoms with van der Waals surface area (Å²) in [6.07, 6.45) is 6.10. The Morgan fingerprint density at radius 1 is 1.22 bits per heavy atom. The summed E-state index contributed by atoms with van der Waals surface area (Å²) in [5, 5.41) is 0. The van der Waals surface area contributed by atoms with Gasteiger partial charge in [-0.05, 0) is 49.5 Å². The van der Waals surface area contributed by atoms with E-state index in [9.17, 15) is 8.78 Å². The number of benzene rings is 1. The van der Waals surface area contributed by atoms with Crippen LogP contribution in [0.15, 0.2) is 18.2 Å². The fourth-order valence-electron chi connectivity index (χ4n) is 3.92. The minimum absolute atomic E-state index is 0.296. The summed E-state index contributed by atoms with van der Waals surface area (Å²) in [6.45, 7) is 0. The van der Waals surface area contributed by atoms with Gasteiger partial charge in [-0.2, -0.15) is 0 Å². The molecule has 98 valence electrons. The Hall–Kier alpha value is -0.960. The molecule has 0 aliphatic heterocycles. The van der Waals surface area contributed by atoms with E-state index in [0.29, 0.717) is 11.5 Å². The van der Waals surface area contributed by atoms with E-state index in [2.05, 4.69) is 0 Å². The van der Waals surface area contributed by atoms with Gasteiger partial charge in [-0.25, -0.2) is 8.78 Å². The van der Waals surface area contributed by atoms with Crippen LogP contribution in [0.3, 0.4) is 0 Å². The summed E-state index contributed by atoms with van der Waals surface area (Å²) >= 11 is 0. The summed E-state index contributed by atoms with van der Waals surface area (Å²) in [5.74, 6) is 1.27. The van der Waals surface area contributed by atoms with Gasteiger partial charge in [0.05, 0.1) is 0 Å². The molecule has 0 amide bonds. The highest BCUT2D eigenvalue weighted by molar-refractivity contribution is 5.22. The molecule has 1 nitrogen and oxygen atoms in total. The second-order valence-corrected chi connectivity index (χ2v) is 5.94. The monoisotopic (exact) mass is 251 g/mol. The summed E-state index contributed by atoms with van der Waals surface area (Å²) in [5.41, 5.74) is 6.55. The second kappa shape index (κ2) is 4.61. The Labute approximate surface area is 106 Å². The third kappa shape index (κ3) is 2.16. The second-order valence-electron chi connectivity index (χ2n) is 5.94. The number of fused-ring (bicyclic) bond motifs is 2. The van der Waals surface area contributed by atoms with Gasteiger partial charge >= 0.3 is 0 Å². The van der Waals surface area contributed by atoms with Crippen molar-refractivity contribution in [2.75, 3.05) is 0 Å². The summed E-state index contributed by atoms with van der Waals surface area (Å²) < 4.78 is 26.5. The van der Waals surface area contributed by atoms with E-state index in [-0.39, 0.29) is 6.04 Å². The molecule has 0 radical (unpaired) electrons. The zero-order valence-corrected chi connectivity index (χ0v) is 10.4. The van der Waals surface area contributed by atoms with Crippen molar-refractivity contribution < 1.29 is 8.78 Å². The van der Waals surface area contributed by atoms with Crippen molar-refractivity contribution in [3.05, 3.63) is 35.4 Å². The van der Waals surface area contributed by atoms with Crippen LogP contribution >= 0.6 is 0 Å². The van der Waals surface area contributed by atoms with Gasteiger partial charge < -0.3 is 5.73 Å². The van der Waals surface area contributed by atoms with Crippen molar-refractivity contribution >= 4 is 0 Å². The molecule has 2 N–H and O–H groups in total. The molecule has 2 bridgehead atoms. The third-order valence-corrected chi connectivity index (χ3v) is 4.80. The molecular weight excluding hydrogens is 232 g/mol. The highest BCUT2D eigenvalue weighted by Crippen LogP contribution is 2.50. The third-order valence-electron chi connectivity index (χ3n) is 4.80. The Bertz CT molecular complexity index is 446. The van der Waals surface area contributed by atoms with Crippen LogP contribution in [0, 0.1) is 29.4 Å². The first-order chi connectivity index (χ1) is 8.63. The Morgan fingerprint density at radius 2 is 2.06 bits per heavy atom. The average molecular weight is 251 g/mol. The molecule has 4 atom stereocenters. The SMILES string of the molecule is NC(CC1CC2CCC1C2)c1ccc(F)cc1F. The van der Waals surface area contributed by atoms with Crippen LogP contribution in [0.2, 0.25) is 0 Å². The maximum atomic E-state index is 13.6. The van der Waals surface area contributed by atoms with Crippen LogP contribution in [0.5, 0.6) is 0 Å². The summed E-state index contributed by atoms with van der Waals surface area (Å²) in [4.78, 5) is 0. The first kappa shape index (κ1) is 12.1. The fourth-order valence-corrected chi connectivity index (χ4v) is 3.92. The molecule has 4 unspecified atom stereocenters. The first-order valence-electron chi connectivity index (χ1n) is 6.84. The van der Waals surface area contributed by atoms with Gasteiger partial charge in [-0.3, -0.25) is 0 Å². The molecule has 1 aromatic rings. The predicted octanol–water partition coefficient (Wildman–Crippen LogP) is 3.79. The van der Waals surface area contributed by atoms with Crippen LogP contribution in [-0.2, 0) is 0 Å². The lowest BCUT2D eigenvalue weighted by molar-refractivity contribution is 0.294. The zero-order valence-electron chi connectivity index (χ0n) is 10.4. The first-order valence-corrected chi connectivity index (χ1v) is 6.84. The lowest BCUT2D eigenvalue weighted by Gasteiger charge is -2.25. The van der Waals surface area contributed by atoms with E-state index < -0.39 is 11.6 Å². The summed E-state index contributed by atoms with van der Waals surface area (Å²) in [6, 6.07) is 3.41. The normalized spacial score (nSPS) is 31.8. The lowest BCUT2D eigenvalue weighted by atomic mass is 9.83. The van der Waals surface area contributed by atoms with Gasteiger partial charge in [-0.15, -0.1) is 0 Å². The van der Waals surface area contributed by atoms with Crippen molar-refractivity contribution in [1.29, 1.82) is 0 Å². The highest BCUT2D eigenvalue weighted by Gasteiger charge is 2.40. The van der Waals surface area contributed by atoms with Gasteiger partial charge in [0.15, 0.2) is 0 Å². The topological polar surface area (TPSA) is 26.0 Å². The Kier molecular flexibility index (Phi) is 3.10. The van der Waals surface area contributed by atoms with Crippen LogP contribution < -0.4 is 5.73 Å². The molecule has 0 spiro atoms. The maximum Gasteiger partial charge on any atom is 0.130 e. The Morgan fingerprint density at radius 3 is 2.67 bits per heavy atom. The number of hydrogen-bond acceptors (Lipinski definition) is 1. The van der Waals surface area contributed by atoms with E-state index in [4.69, 9.17) is 5.73 Å². The Balaban J connectivity index is 1.69. The van der Waals surface area contributed by atoms with Crippen molar-refractivity contribution in [3.63, 3.8) is 0 Å². The van der Waals surface area contributed by atoms with E-state index in [1.54, 1.807) is 0 Å². The van der Waals surface area contributed by atoms with Crippen LogP contribution in [0.4, 0.5) is 8.78 Å². The molecular formula is C15H19F2N. The minimum atomic E-state index is -0.539. The molecule has 0 aromatic heterocycles. The van der Waals surface area contributed by atoms with E-state index in [1.165, 1.54) is 37.8 Å². The number of nitrogens with two attached hydrogens (primary N) is 1. The predicted molar refractivity (Wildman–Crippen MR) is 66.8 cm³/mol. The van der Waals surface area contributed by atoms with Crippen LogP contribution in [0.25, 0.3) is 0 Å². The maximum absolute atomic E-state index is 13.6. The van der Waals surface area contributed by atoms with Crippen molar-refractivity contribution in [1.82, 2.24) is 0 Å². The molecule has 0 saturated heterocycles. The molecule has 1 aromatic carbocycles. The van der Waals surface area contributed by atoms with Crippen LogP contribution in [0.1, 0.15) is 43.7 Å². The molecule has 18 heavy (non-hydrogen) atoms. The van der Waals surface area contributed by atoms with E-state index >= 15 is 0 Å². The van der Waals surface area contributed by atoms with Crippen molar-refractivity contribution in [2.45, 2.75) is 38.1 Å². The van der Waals surface area contributed by atoms with Crippen molar-refractivity contribution in [3.8, 4) is 0 Å². The number of halogens is 2. The molecule has 2 saturated carbocycles. The average Bonchev–Trinajstić information content (AvgIpc) is 2.90. The number of hydrogen-bond donors (Lipinski definition) is 1. The van der Waals surface area contributed by atoms with Gasteiger partial charge in [0.2, 0.25) is 0 Å². The van der Waals surface area contributed by atoms with Gasteiger partial charge in [0.25, 0.3) is 0 Å². The smallest absolute Gasteiger partial charge is 0.130 e. The summed E-state index contributed by atoms with van der Waals surface area (Å²) in [7, 11) is 0. The molecule has 2 aliphatic carbocycles. The molecule has 2 aliphatic rings. The van der Waals surface area contributed by atoms with Gasteiger partial charge in [-0.1, -0.05) is 12.5 Å². The molecule has 3 heteroatoms. The lowest BCUT2D eigenvalue weighted by Crippen LogP contribution is -2.20. The van der Waals surface area contributed by atoms with E-state index in [1.807, 2.05) is 0 Å². The van der Waals surface area contributed by atoms with Gasteiger partial charge in [0, 0.05) is 17.7 Å². The fraction of sp³-hybridized carbons (Fsp3) is 0.600. The molecule has 2 fully saturated rings. The quantitative estimate of drug-likeness (QED) is 0.869. The van der Waals surface area contributed by atoms with Crippen LogP contribution in [-0.4, -0.2) is 0 Å².